The van der Waals surface area contributed by atoms with Crippen molar-refractivity contribution < 1.29 is 5.11 Å². The van der Waals surface area contributed by atoms with E-state index in [1.54, 1.807) is 29.7 Å². The zero-order valence-corrected chi connectivity index (χ0v) is 16.4. The van der Waals surface area contributed by atoms with E-state index >= 15 is 0 Å². The van der Waals surface area contributed by atoms with Crippen LogP contribution in [0.1, 0.15) is 34.9 Å². The Morgan fingerprint density at radius 1 is 1.43 bits per heavy atom. The van der Waals surface area contributed by atoms with Crippen molar-refractivity contribution in [1.29, 1.82) is 5.26 Å². The molecule has 6 heteroatoms. The van der Waals surface area contributed by atoms with Gasteiger partial charge in [0.05, 0.1) is 10.0 Å². The Hall–Kier alpha value is -1.16. The van der Waals surface area contributed by atoms with Gasteiger partial charge in [0.25, 0.3) is 0 Å². The van der Waals surface area contributed by atoms with Crippen LogP contribution in [0.25, 0.3) is 0 Å². The molecule has 1 unspecified atom stereocenters. The number of thiophene rings is 1. The van der Waals surface area contributed by atoms with Gasteiger partial charge < -0.3 is 5.11 Å². The molecule has 1 atom stereocenters. The molecule has 0 amide bonds. The fraction of sp³-hybridized carbons (Fsp3) is 0.294. The molecule has 3 nitrogen and oxygen atoms in total. The Morgan fingerprint density at radius 2 is 2.22 bits per heavy atom. The Labute approximate surface area is 155 Å². The lowest BCUT2D eigenvalue weighted by atomic mass is 9.89. The minimum atomic E-state index is 0.144. The molecule has 1 aliphatic rings. The molecule has 1 aromatic carbocycles. The number of hydrogen-bond acceptors (Lipinski definition) is 4. The molecule has 0 saturated carbocycles. The predicted octanol–water partition coefficient (Wildman–Crippen LogP) is 5.73. The minimum absolute atomic E-state index is 0.144. The first-order valence-corrected chi connectivity index (χ1v) is 9.66. The highest BCUT2D eigenvalue weighted by Gasteiger charge is 2.23. The molecule has 0 bridgehead atoms. The maximum absolute atomic E-state index is 10.1. The summed E-state index contributed by atoms with van der Waals surface area (Å²) >= 11 is 8.31. The van der Waals surface area contributed by atoms with Gasteiger partial charge in [0, 0.05) is 21.1 Å². The standard InChI is InChI=1S/C17H14Br2N2OS/c1-9-2-3-12-13(7-20)17(23-15(12)4-9)21-8-10-5-11(18)6-14(19)16(10)22/h5-6,8-9,22H,2-4H2,1H3/b21-8+. The summed E-state index contributed by atoms with van der Waals surface area (Å²) in [7, 11) is 0. The highest BCUT2D eigenvalue weighted by atomic mass is 79.9. The third kappa shape index (κ3) is 3.37. The molecule has 0 aliphatic heterocycles. The van der Waals surface area contributed by atoms with Crippen LogP contribution in [0.3, 0.4) is 0 Å². The minimum Gasteiger partial charge on any atom is -0.506 e. The Balaban J connectivity index is 2.00. The summed E-state index contributed by atoms with van der Waals surface area (Å²) in [5, 5.41) is 20.3. The summed E-state index contributed by atoms with van der Waals surface area (Å²) in [5.41, 5.74) is 2.47. The molecule has 1 aromatic heterocycles. The summed E-state index contributed by atoms with van der Waals surface area (Å²) < 4.78 is 1.46. The number of benzene rings is 1. The smallest absolute Gasteiger partial charge is 0.138 e. The van der Waals surface area contributed by atoms with Gasteiger partial charge in [-0.15, -0.1) is 11.3 Å². The molecular formula is C17H14Br2N2OS. The van der Waals surface area contributed by atoms with Crippen LogP contribution in [0.2, 0.25) is 0 Å². The normalized spacial score (nSPS) is 17.2. The predicted molar refractivity (Wildman–Crippen MR) is 101 cm³/mol. The van der Waals surface area contributed by atoms with Crippen molar-refractivity contribution in [2.75, 3.05) is 0 Å². The molecule has 23 heavy (non-hydrogen) atoms. The SMILES string of the molecule is CC1CCc2c(sc(/N=C/c3cc(Br)cc(Br)c3O)c2C#N)C1. The van der Waals surface area contributed by atoms with E-state index < -0.39 is 0 Å². The van der Waals surface area contributed by atoms with E-state index in [0.717, 1.165) is 28.7 Å². The maximum Gasteiger partial charge on any atom is 0.138 e. The number of rotatable bonds is 2. The highest BCUT2D eigenvalue weighted by molar-refractivity contribution is 9.11. The van der Waals surface area contributed by atoms with Gasteiger partial charge in [-0.05, 0) is 58.8 Å². The van der Waals surface area contributed by atoms with Crippen molar-refractivity contribution in [1.82, 2.24) is 0 Å². The lowest BCUT2D eigenvalue weighted by Gasteiger charge is -2.17. The van der Waals surface area contributed by atoms with Gasteiger partial charge in [-0.2, -0.15) is 5.26 Å². The van der Waals surface area contributed by atoms with Gasteiger partial charge in [0.15, 0.2) is 0 Å². The highest BCUT2D eigenvalue weighted by Crippen LogP contribution is 2.41. The van der Waals surface area contributed by atoms with Crippen LogP contribution in [0, 0.1) is 17.2 Å². The topological polar surface area (TPSA) is 56.4 Å². The molecule has 2 aromatic rings. The number of phenolic OH excluding ortho intramolecular Hbond substituents is 1. The number of nitriles is 1. The largest absolute Gasteiger partial charge is 0.506 e. The fourth-order valence-electron chi connectivity index (χ4n) is 2.76. The Morgan fingerprint density at radius 3 is 2.96 bits per heavy atom. The summed E-state index contributed by atoms with van der Waals surface area (Å²) in [5.74, 6) is 0.806. The van der Waals surface area contributed by atoms with E-state index in [1.165, 1.54) is 10.4 Å². The molecule has 1 aliphatic carbocycles. The van der Waals surface area contributed by atoms with Crippen molar-refractivity contribution in [3.8, 4) is 11.8 Å². The molecule has 1 N–H and O–H groups in total. The first-order chi connectivity index (χ1) is 11.0. The van der Waals surface area contributed by atoms with E-state index in [1.807, 2.05) is 0 Å². The van der Waals surface area contributed by atoms with E-state index in [2.05, 4.69) is 49.8 Å². The number of hydrogen-bond donors (Lipinski definition) is 1. The van der Waals surface area contributed by atoms with Gasteiger partial charge in [-0.1, -0.05) is 22.9 Å². The molecule has 0 radical (unpaired) electrons. The van der Waals surface area contributed by atoms with Gasteiger partial charge in [0.1, 0.15) is 16.8 Å². The third-order valence-electron chi connectivity index (χ3n) is 3.98. The number of aromatic hydroxyl groups is 1. The average molecular weight is 454 g/mol. The molecule has 0 fully saturated rings. The quantitative estimate of drug-likeness (QED) is 0.590. The van der Waals surface area contributed by atoms with Gasteiger partial charge in [-0.3, -0.25) is 0 Å². The first kappa shape index (κ1) is 16.7. The lowest BCUT2D eigenvalue weighted by molar-refractivity contribution is 0.471. The lowest BCUT2D eigenvalue weighted by Crippen LogP contribution is -2.09. The summed E-state index contributed by atoms with van der Waals surface area (Å²) in [4.78, 5) is 5.77. The van der Waals surface area contributed by atoms with Crippen LogP contribution >= 0.6 is 43.2 Å². The molecule has 3 rings (SSSR count). The van der Waals surface area contributed by atoms with Crippen LogP contribution in [0.5, 0.6) is 5.75 Å². The molecule has 118 valence electrons. The molecule has 0 spiro atoms. The van der Waals surface area contributed by atoms with Crippen LogP contribution < -0.4 is 0 Å². The first-order valence-electron chi connectivity index (χ1n) is 7.26. The van der Waals surface area contributed by atoms with E-state index in [9.17, 15) is 10.4 Å². The Bertz CT molecular complexity index is 836. The summed E-state index contributed by atoms with van der Waals surface area (Å²) in [6, 6.07) is 5.88. The third-order valence-corrected chi connectivity index (χ3v) is 6.21. The van der Waals surface area contributed by atoms with Crippen molar-refractivity contribution in [3.05, 3.63) is 42.6 Å². The zero-order chi connectivity index (χ0) is 16.6. The number of nitrogens with zero attached hydrogens (tertiary/aromatic N) is 2. The van der Waals surface area contributed by atoms with Crippen molar-refractivity contribution in [2.24, 2.45) is 10.9 Å². The van der Waals surface area contributed by atoms with E-state index in [0.29, 0.717) is 21.5 Å². The van der Waals surface area contributed by atoms with Crippen LogP contribution in [-0.4, -0.2) is 11.3 Å². The van der Waals surface area contributed by atoms with Gasteiger partial charge in [-0.25, -0.2) is 4.99 Å². The van der Waals surface area contributed by atoms with Crippen LogP contribution in [-0.2, 0) is 12.8 Å². The maximum atomic E-state index is 10.1. The second kappa shape index (κ2) is 6.76. The number of halogens is 2. The fourth-order valence-corrected chi connectivity index (χ4v) is 5.32. The van der Waals surface area contributed by atoms with Crippen molar-refractivity contribution in [3.63, 3.8) is 0 Å². The molecular weight excluding hydrogens is 440 g/mol. The van der Waals surface area contributed by atoms with Crippen molar-refractivity contribution >= 4 is 54.4 Å². The Kier molecular flexibility index (Phi) is 4.90. The molecule has 1 heterocycles. The average Bonchev–Trinajstić information content (AvgIpc) is 2.85. The summed E-state index contributed by atoms with van der Waals surface area (Å²) in [6.45, 7) is 2.24. The van der Waals surface area contributed by atoms with Crippen LogP contribution in [0.4, 0.5) is 5.00 Å². The van der Waals surface area contributed by atoms with Crippen molar-refractivity contribution in [2.45, 2.75) is 26.2 Å². The number of fused-ring (bicyclic) bond motifs is 1. The van der Waals surface area contributed by atoms with E-state index in [4.69, 9.17) is 0 Å². The molecule has 0 saturated heterocycles. The monoisotopic (exact) mass is 452 g/mol. The second-order valence-corrected chi connectivity index (χ2v) is 8.58. The summed E-state index contributed by atoms with van der Waals surface area (Å²) in [6.07, 6.45) is 4.73. The van der Waals surface area contributed by atoms with Gasteiger partial charge >= 0.3 is 0 Å². The zero-order valence-electron chi connectivity index (χ0n) is 12.4. The number of phenols is 1. The van der Waals surface area contributed by atoms with Crippen LogP contribution in [0.15, 0.2) is 26.1 Å². The number of aliphatic imine (C=N–C) groups is 1. The second-order valence-electron chi connectivity index (χ2n) is 5.73. The van der Waals surface area contributed by atoms with E-state index in [-0.39, 0.29) is 5.75 Å². The van der Waals surface area contributed by atoms with Gasteiger partial charge in [0.2, 0.25) is 0 Å².